The standard InChI is InChI=1S/C19H20OTe/c1-2-3-6-15-18(21-17-13-9-5-10-14-17)19(20)16-11-7-4-8-12-16/h4-5,7-15H,2-3,6H2,1H3/b18-15-. The average Bonchev–Trinajstić information content (AvgIpc) is 2.55. The second-order valence-corrected chi connectivity index (χ2v) is 8.00. The topological polar surface area (TPSA) is 17.1 Å². The molecule has 0 aliphatic rings. The van der Waals surface area contributed by atoms with Crippen molar-refractivity contribution >= 4 is 30.3 Å². The van der Waals surface area contributed by atoms with E-state index in [9.17, 15) is 4.79 Å². The molecule has 0 saturated heterocycles. The van der Waals surface area contributed by atoms with Crippen LogP contribution in [0.2, 0.25) is 0 Å². The van der Waals surface area contributed by atoms with Crippen molar-refractivity contribution < 1.29 is 4.79 Å². The summed E-state index contributed by atoms with van der Waals surface area (Å²) in [6, 6.07) is 20.0. The normalized spacial score (nSPS) is 11.4. The molecule has 0 spiro atoms. The number of allylic oxidation sites excluding steroid dienone is 2. The van der Waals surface area contributed by atoms with Crippen molar-refractivity contribution in [2.45, 2.75) is 26.2 Å². The van der Waals surface area contributed by atoms with Crippen molar-refractivity contribution in [3.05, 3.63) is 75.9 Å². The van der Waals surface area contributed by atoms with Crippen LogP contribution in [-0.4, -0.2) is 26.7 Å². The van der Waals surface area contributed by atoms with Crippen LogP contribution >= 0.6 is 0 Å². The van der Waals surface area contributed by atoms with E-state index in [4.69, 9.17) is 0 Å². The van der Waals surface area contributed by atoms with Crippen molar-refractivity contribution in [1.29, 1.82) is 0 Å². The fourth-order valence-electron chi connectivity index (χ4n) is 1.97. The van der Waals surface area contributed by atoms with Crippen molar-refractivity contribution in [2.24, 2.45) is 0 Å². The van der Waals surface area contributed by atoms with Gasteiger partial charge in [0, 0.05) is 0 Å². The van der Waals surface area contributed by atoms with Gasteiger partial charge in [0.15, 0.2) is 0 Å². The monoisotopic (exact) mass is 394 g/mol. The Morgan fingerprint density at radius 3 is 2.24 bits per heavy atom. The van der Waals surface area contributed by atoms with Gasteiger partial charge in [0.25, 0.3) is 0 Å². The zero-order chi connectivity index (χ0) is 14.9. The number of hydrogen-bond donors (Lipinski definition) is 0. The molecule has 2 aromatic carbocycles. The molecule has 2 rings (SSSR count). The van der Waals surface area contributed by atoms with Crippen LogP contribution in [0.15, 0.2) is 70.4 Å². The molecule has 21 heavy (non-hydrogen) atoms. The predicted octanol–water partition coefficient (Wildman–Crippen LogP) is 3.97. The molecule has 0 bridgehead atoms. The molecule has 1 nitrogen and oxygen atoms in total. The fraction of sp³-hybridized carbons (Fsp3) is 0.211. The molecule has 0 N–H and O–H groups in total. The Labute approximate surface area is 137 Å². The maximum atomic E-state index is 12.7. The Kier molecular flexibility index (Phi) is 6.73. The molecule has 0 aromatic heterocycles. The number of rotatable bonds is 7. The van der Waals surface area contributed by atoms with E-state index in [1.165, 1.54) is 3.61 Å². The molecular formula is C19H20OTe. The van der Waals surface area contributed by atoms with Crippen LogP contribution in [-0.2, 0) is 0 Å². The van der Waals surface area contributed by atoms with Crippen LogP contribution in [0.5, 0.6) is 0 Å². The first-order valence-corrected chi connectivity index (χ1v) is 9.67. The molecule has 108 valence electrons. The molecule has 0 saturated carbocycles. The molecule has 0 aliphatic carbocycles. The summed E-state index contributed by atoms with van der Waals surface area (Å²) in [7, 11) is 0. The van der Waals surface area contributed by atoms with Crippen molar-refractivity contribution in [3.63, 3.8) is 0 Å². The maximum absolute atomic E-state index is 12.7. The molecule has 2 aromatic rings. The van der Waals surface area contributed by atoms with E-state index >= 15 is 0 Å². The van der Waals surface area contributed by atoms with Gasteiger partial charge in [-0.25, -0.2) is 0 Å². The third kappa shape index (κ3) is 5.16. The summed E-state index contributed by atoms with van der Waals surface area (Å²) in [5.41, 5.74) is 0.807. The number of unbranched alkanes of at least 4 members (excludes halogenated alkanes) is 2. The first-order valence-electron chi connectivity index (χ1n) is 7.34. The first-order chi connectivity index (χ1) is 10.3. The van der Waals surface area contributed by atoms with Crippen molar-refractivity contribution in [3.8, 4) is 0 Å². The second kappa shape index (κ2) is 8.82. The van der Waals surface area contributed by atoms with E-state index in [1.807, 2.05) is 36.4 Å². The summed E-state index contributed by atoms with van der Waals surface area (Å²) in [4.78, 5) is 12.7. The van der Waals surface area contributed by atoms with Gasteiger partial charge < -0.3 is 0 Å². The van der Waals surface area contributed by atoms with E-state index in [1.54, 1.807) is 0 Å². The van der Waals surface area contributed by atoms with Gasteiger partial charge in [-0.3, -0.25) is 0 Å². The minimum atomic E-state index is -0.615. The van der Waals surface area contributed by atoms with Crippen molar-refractivity contribution in [1.82, 2.24) is 0 Å². The number of carbonyl (C=O) groups excluding carboxylic acids is 1. The van der Waals surface area contributed by atoms with Gasteiger partial charge >= 0.3 is 137 Å². The van der Waals surface area contributed by atoms with Gasteiger partial charge in [-0.2, -0.15) is 0 Å². The van der Waals surface area contributed by atoms with Gasteiger partial charge in [-0.05, 0) is 0 Å². The summed E-state index contributed by atoms with van der Waals surface area (Å²) in [6.07, 6.45) is 5.48. The van der Waals surface area contributed by atoms with E-state index in [-0.39, 0.29) is 5.78 Å². The van der Waals surface area contributed by atoms with Crippen LogP contribution < -0.4 is 3.61 Å². The minimum absolute atomic E-state index is 0.206. The molecule has 0 unspecified atom stereocenters. The molecular weight excluding hydrogens is 372 g/mol. The van der Waals surface area contributed by atoms with Gasteiger partial charge in [0.2, 0.25) is 0 Å². The third-order valence-corrected chi connectivity index (χ3v) is 6.20. The van der Waals surface area contributed by atoms with E-state index in [0.717, 1.165) is 28.4 Å². The quantitative estimate of drug-likeness (QED) is 0.302. The Bertz CT molecular complexity index is 587. The van der Waals surface area contributed by atoms with Crippen LogP contribution in [0.4, 0.5) is 0 Å². The van der Waals surface area contributed by atoms with Crippen molar-refractivity contribution in [2.75, 3.05) is 0 Å². The first kappa shape index (κ1) is 16.0. The summed E-state index contributed by atoms with van der Waals surface area (Å²) < 4.78 is 2.35. The van der Waals surface area contributed by atoms with Crippen LogP contribution in [0, 0.1) is 0 Å². The van der Waals surface area contributed by atoms with E-state index in [0.29, 0.717) is 0 Å². The fourth-order valence-corrected chi connectivity index (χ4v) is 4.70. The number of benzene rings is 2. The third-order valence-electron chi connectivity index (χ3n) is 3.12. The molecule has 0 heterocycles. The zero-order valence-corrected chi connectivity index (χ0v) is 14.6. The summed E-state index contributed by atoms with van der Waals surface area (Å²) in [5, 5.41) is 0. The SMILES string of the molecule is CCCC/C=C(\[Te]c1ccccc1)C(=O)c1ccccc1. The van der Waals surface area contributed by atoms with E-state index in [2.05, 4.69) is 37.3 Å². The summed E-state index contributed by atoms with van der Waals surface area (Å²) >= 11 is -0.615. The predicted molar refractivity (Wildman–Crippen MR) is 90.2 cm³/mol. The molecule has 0 radical (unpaired) electrons. The molecule has 0 aliphatic heterocycles. The zero-order valence-electron chi connectivity index (χ0n) is 12.3. The second-order valence-electron chi connectivity index (χ2n) is 4.82. The summed E-state index contributed by atoms with van der Waals surface area (Å²) in [6.45, 7) is 2.18. The molecule has 0 atom stereocenters. The number of ketones is 1. The van der Waals surface area contributed by atoms with Gasteiger partial charge in [-0.1, -0.05) is 0 Å². The Hall–Kier alpha value is -1.36. The van der Waals surface area contributed by atoms with E-state index < -0.39 is 20.9 Å². The average molecular weight is 392 g/mol. The number of hydrogen-bond acceptors (Lipinski definition) is 1. The number of carbonyl (C=O) groups is 1. The van der Waals surface area contributed by atoms with Crippen LogP contribution in [0.3, 0.4) is 0 Å². The number of Topliss-reactive ketones (excluding diaryl/α,β-unsaturated/α-hetero) is 1. The molecule has 0 amide bonds. The van der Waals surface area contributed by atoms with Crippen LogP contribution in [0.25, 0.3) is 0 Å². The van der Waals surface area contributed by atoms with Crippen LogP contribution in [0.1, 0.15) is 36.5 Å². The molecule has 2 heteroatoms. The molecule has 0 fully saturated rings. The van der Waals surface area contributed by atoms with Gasteiger partial charge in [0.1, 0.15) is 0 Å². The Morgan fingerprint density at radius 1 is 1.00 bits per heavy atom. The Morgan fingerprint density at radius 2 is 1.62 bits per heavy atom. The van der Waals surface area contributed by atoms with Gasteiger partial charge in [-0.15, -0.1) is 0 Å². The van der Waals surface area contributed by atoms with Gasteiger partial charge in [0.05, 0.1) is 0 Å². The Balaban J connectivity index is 2.20. The summed E-state index contributed by atoms with van der Waals surface area (Å²) in [5.74, 6) is 0.206.